The molecule has 2 N–H and O–H groups in total. The van der Waals surface area contributed by atoms with Gasteiger partial charge in [0.2, 0.25) is 0 Å². The SMILES string of the molecule is CCC(N)(CC)C(=O)c1cnc2ccccc2c1. The molecule has 0 saturated heterocycles. The molecule has 0 unspecified atom stereocenters. The van der Waals surface area contributed by atoms with Gasteiger partial charge in [-0.3, -0.25) is 9.78 Å². The van der Waals surface area contributed by atoms with E-state index in [0.717, 1.165) is 10.9 Å². The molecule has 0 saturated carbocycles. The van der Waals surface area contributed by atoms with Crippen LogP contribution in [0.15, 0.2) is 36.5 Å². The molecule has 0 spiro atoms. The van der Waals surface area contributed by atoms with E-state index in [0.29, 0.717) is 18.4 Å². The predicted molar refractivity (Wildman–Crippen MR) is 73.6 cm³/mol. The van der Waals surface area contributed by atoms with Gasteiger partial charge < -0.3 is 5.73 Å². The molecular weight excluding hydrogens is 224 g/mol. The lowest BCUT2D eigenvalue weighted by atomic mass is 9.86. The zero-order chi connectivity index (χ0) is 13.2. The van der Waals surface area contributed by atoms with Crippen LogP contribution in [0.5, 0.6) is 0 Å². The van der Waals surface area contributed by atoms with Crippen LogP contribution in [0, 0.1) is 0 Å². The van der Waals surface area contributed by atoms with E-state index in [1.54, 1.807) is 6.20 Å². The Hall–Kier alpha value is -1.74. The molecule has 2 rings (SSSR count). The number of para-hydroxylation sites is 1. The van der Waals surface area contributed by atoms with E-state index < -0.39 is 5.54 Å². The molecule has 18 heavy (non-hydrogen) atoms. The zero-order valence-corrected chi connectivity index (χ0v) is 10.8. The molecule has 0 aliphatic rings. The molecule has 0 aliphatic heterocycles. The molecule has 0 atom stereocenters. The van der Waals surface area contributed by atoms with Gasteiger partial charge in [0.05, 0.1) is 11.1 Å². The summed E-state index contributed by atoms with van der Waals surface area (Å²) in [6, 6.07) is 9.63. The number of pyridine rings is 1. The van der Waals surface area contributed by atoms with Gasteiger partial charge >= 0.3 is 0 Å². The van der Waals surface area contributed by atoms with Crippen LogP contribution >= 0.6 is 0 Å². The Labute approximate surface area is 107 Å². The fourth-order valence-electron chi connectivity index (χ4n) is 2.05. The lowest BCUT2D eigenvalue weighted by Crippen LogP contribution is -2.46. The first-order valence-corrected chi connectivity index (χ1v) is 6.29. The summed E-state index contributed by atoms with van der Waals surface area (Å²) in [4.78, 5) is 16.7. The van der Waals surface area contributed by atoms with Crippen molar-refractivity contribution in [1.82, 2.24) is 4.98 Å². The lowest BCUT2D eigenvalue weighted by molar-refractivity contribution is 0.0879. The second-order valence-corrected chi connectivity index (χ2v) is 4.61. The van der Waals surface area contributed by atoms with Gasteiger partial charge in [-0.1, -0.05) is 32.0 Å². The predicted octanol–water partition coefficient (Wildman–Crippen LogP) is 2.94. The molecule has 0 amide bonds. The number of carbonyl (C=O) groups excluding carboxylic acids is 1. The number of carbonyl (C=O) groups is 1. The fraction of sp³-hybridized carbons (Fsp3) is 0.333. The summed E-state index contributed by atoms with van der Waals surface area (Å²) in [5, 5.41) is 0.970. The van der Waals surface area contributed by atoms with Gasteiger partial charge in [-0.15, -0.1) is 0 Å². The van der Waals surface area contributed by atoms with Crippen LogP contribution in [-0.2, 0) is 0 Å². The summed E-state index contributed by atoms with van der Waals surface area (Å²) in [6.45, 7) is 3.88. The number of rotatable bonds is 4. The number of Topliss-reactive ketones (excluding diaryl/α,β-unsaturated/α-hetero) is 1. The van der Waals surface area contributed by atoms with Crippen molar-refractivity contribution in [3.63, 3.8) is 0 Å². The van der Waals surface area contributed by atoms with Gasteiger partial charge in [0, 0.05) is 17.1 Å². The Bertz CT molecular complexity index is 573. The topological polar surface area (TPSA) is 56.0 Å². The number of aromatic nitrogens is 1. The largest absolute Gasteiger partial charge is 0.319 e. The number of fused-ring (bicyclic) bond motifs is 1. The highest BCUT2D eigenvalue weighted by molar-refractivity contribution is 6.04. The van der Waals surface area contributed by atoms with Gasteiger partial charge in [0.25, 0.3) is 0 Å². The average molecular weight is 242 g/mol. The van der Waals surface area contributed by atoms with Crippen molar-refractivity contribution in [1.29, 1.82) is 0 Å². The first kappa shape index (κ1) is 12.7. The van der Waals surface area contributed by atoms with Gasteiger partial charge in [0.15, 0.2) is 5.78 Å². The Morgan fingerprint density at radius 2 is 1.94 bits per heavy atom. The third kappa shape index (κ3) is 2.14. The van der Waals surface area contributed by atoms with Crippen molar-refractivity contribution in [2.24, 2.45) is 5.73 Å². The number of nitrogens with zero attached hydrogens (tertiary/aromatic N) is 1. The molecule has 0 radical (unpaired) electrons. The number of hydrogen-bond acceptors (Lipinski definition) is 3. The van der Waals surface area contributed by atoms with Gasteiger partial charge in [-0.25, -0.2) is 0 Å². The van der Waals surface area contributed by atoms with Crippen LogP contribution in [0.4, 0.5) is 0 Å². The maximum absolute atomic E-state index is 12.4. The molecule has 1 aromatic heterocycles. The van der Waals surface area contributed by atoms with E-state index in [2.05, 4.69) is 4.98 Å². The Kier molecular flexibility index (Phi) is 3.43. The van der Waals surface area contributed by atoms with E-state index in [4.69, 9.17) is 5.73 Å². The summed E-state index contributed by atoms with van der Waals surface area (Å²) in [5.74, 6) is -0.0225. The van der Waals surface area contributed by atoms with E-state index in [1.165, 1.54) is 0 Å². The number of nitrogens with two attached hydrogens (primary N) is 1. The van der Waals surface area contributed by atoms with Crippen molar-refractivity contribution in [2.75, 3.05) is 0 Å². The second kappa shape index (κ2) is 4.86. The maximum Gasteiger partial charge on any atom is 0.184 e. The van der Waals surface area contributed by atoms with Crippen molar-refractivity contribution >= 4 is 16.7 Å². The summed E-state index contributed by atoms with van der Waals surface area (Å²) >= 11 is 0. The minimum atomic E-state index is -0.774. The first-order valence-electron chi connectivity index (χ1n) is 6.29. The second-order valence-electron chi connectivity index (χ2n) is 4.61. The van der Waals surface area contributed by atoms with Crippen LogP contribution in [0.2, 0.25) is 0 Å². The smallest absolute Gasteiger partial charge is 0.184 e. The number of ketones is 1. The third-order valence-corrected chi connectivity index (χ3v) is 3.57. The van der Waals surface area contributed by atoms with Crippen molar-refractivity contribution in [3.05, 3.63) is 42.1 Å². The monoisotopic (exact) mass is 242 g/mol. The van der Waals surface area contributed by atoms with Gasteiger partial charge in [-0.05, 0) is 25.0 Å². The fourth-order valence-corrected chi connectivity index (χ4v) is 2.05. The summed E-state index contributed by atoms with van der Waals surface area (Å²) in [5.41, 5.74) is 6.86. The molecule has 3 nitrogen and oxygen atoms in total. The van der Waals surface area contributed by atoms with Crippen LogP contribution < -0.4 is 5.73 Å². The van der Waals surface area contributed by atoms with Gasteiger partial charge in [-0.2, -0.15) is 0 Å². The van der Waals surface area contributed by atoms with Crippen molar-refractivity contribution < 1.29 is 4.79 Å². The molecule has 3 heteroatoms. The zero-order valence-electron chi connectivity index (χ0n) is 10.8. The highest BCUT2D eigenvalue weighted by atomic mass is 16.1. The summed E-state index contributed by atoms with van der Waals surface area (Å²) < 4.78 is 0. The Balaban J connectivity index is 2.45. The quantitative estimate of drug-likeness (QED) is 0.839. The van der Waals surface area contributed by atoms with E-state index in [9.17, 15) is 4.79 Å². The molecule has 94 valence electrons. The van der Waals surface area contributed by atoms with Crippen molar-refractivity contribution in [2.45, 2.75) is 32.2 Å². The van der Waals surface area contributed by atoms with E-state index in [-0.39, 0.29) is 5.78 Å². The normalized spacial score (nSPS) is 11.7. The third-order valence-electron chi connectivity index (χ3n) is 3.57. The minimum Gasteiger partial charge on any atom is -0.319 e. The van der Waals surface area contributed by atoms with Crippen LogP contribution in [-0.4, -0.2) is 16.3 Å². The summed E-state index contributed by atoms with van der Waals surface area (Å²) in [6.07, 6.45) is 2.89. The average Bonchev–Trinajstić information content (AvgIpc) is 2.45. The lowest BCUT2D eigenvalue weighted by Gasteiger charge is -2.24. The van der Waals surface area contributed by atoms with E-state index >= 15 is 0 Å². The Morgan fingerprint density at radius 1 is 1.28 bits per heavy atom. The van der Waals surface area contributed by atoms with Crippen LogP contribution in [0.25, 0.3) is 10.9 Å². The first-order chi connectivity index (χ1) is 8.60. The Morgan fingerprint density at radius 3 is 2.61 bits per heavy atom. The highest BCUT2D eigenvalue weighted by Crippen LogP contribution is 2.20. The number of hydrogen-bond donors (Lipinski definition) is 1. The molecule has 0 bridgehead atoms. The molecule has 1 aromatic carbocycles. The van der Waals surface area contributed by atoms with E-state index in [1.807, 2.05) is 44.2 Å². The number of benzene rings is 1. The minimum absolute atomic E-state index is 0.0225. The molecule has 0 aliphatic carbocycles. The standard InChI is InChI=1S/C15H18N2O/c1-3-15(16,4-2)14(18)12-9-11-7-5-6-8-13(11)17-10-12/h5-10H,3-4,16H2,1-2H3. The maximum atomic E-state index is 12.4. The van der Waals surface area contributed by atoms with Crippen molar-refractivity contribution in [3.8, 4) is 0 Å². The molecule has 2 aromatic rings. The molecule has 0 fully saturated rings. The van der Waals surface area contributed by atoms with Crippen LogP contribution in [0.3, 0.4) is 0 Å². The molecule has 1 heterocycles. The van der Waals surface area contributed by atoms with Gasteiger partial charge in [0.1, 0.15) is 0 Å². The highest BCUT2D eigenvalue weighted by Gasteiger charge is 2.30. The summed E-state index contributed by atoms with van der Waals surface area (Å²) in [7, 11) is 0. The molecular formula is C15H18N2O. The van der Waals surface area contributed by atoms with Crippen LogP contribution in [0.1, 0.15) is 37.0 Å².